The van der Waals surface area contributed by atoms with Crippen LogP contribution in [0.15, 0.2) is 65.7 Å². The van der Waals surface area contributed by atoms with Gasteiger partial charge in [0.15, 0.2) is 0 Å². The van der Waals surface area contributed by atoms with E-state index in [4.69, 9.17) is 4.74 Å². The van der Waals surface area contributed by atoms with E-state index in [1.165, 1.54) is 10.7 Å². The van der Waals surface area contributed by atoms with Gasteiger partial charge in [-0.2, -0.15) is 5.10 Å². The smallest absolute Gasteiger partial charge is 0.411 e. The summed E-state index contributed by atoms with van der Waals surface area (Å²) in [6.07, 6.45) is 3.65. The van der Waals surface area contributed by atoms with Crippen molar-refractivity contribution in [2.75, 3.05) is 32.6 Å². The van der Waals surface area contributed by atoms with Crippen molar-refractivity contribution in [2.24, 2.45) is 0 Å². The monoisotopic (exact) mass is 407 g/mol. The Morgan fingerprint density at radius 3 is 2.80 bits per heavy atom. The van der Waals surface area contributed by atoms with Gasteiger partial charge in [-0.1, -0.05) is 12.1 Å². The molecule has 1 amide bonds. The zero-order valence-corrected chi connectivity index (χ0v) is 17.1. The van der Waals surface area contributed by atoms with Gasteiger partial charge in [0.2, 0.25) is 0 Å². The van der Waals surface area contributed by atoms with Crippen LogP contribution in [0.1, 0.15) is 12.0 Å². The molecule has 0 saturated heterocycles. The predicted octanol–water partition coefficient (Wildman–Crippen LogP) is 2.85. The molecule has 0 radical (unpaired) electrons. The number of carbonyl (C=O) groups is 1. The van der Waals surface area contributed by atoms with Gasteiger partial charge >= 0.3 is 6.09 Å². The maximum atomic E-state index is 12.3. The molecule has 30 heavy (non-hydrogen) atoms. The van der Waals surface area contributed by atoms with Crippen molar-refractivity contribution in [3.05, 3.63) is 76.8 Å². The van der Waals surface area contributed by atoms with Crippen molar-refractivity contribution in [1.29, 1.82) is 0 Å². The number of rotatable bonds is 8. The highest BCUT2D eigenvalue weighted by atomic mass is 16.5. The van der Waals surface area contributed by atoms with Crippen LogP contribution in [0.5, 0.6) is 0 Å². The van der Waals surface area contributed by atoms with Crippen LogP contribution in [0.4, 0.5) is 10.5 Å². The molecule has 0 aliphatic heterocycles. The zero-order valence-electron chi connectivity index (χ0n) is 17.1. The fourth-order valence-electron chi connectivity index (χ4n) is 2.85. The Balaban J connectivity index is 1.65. The van der Waals surface area contributed by atoms with Crippen molar-refractivity contribution in [1.82, 2.24) is 19.7 Å². The van der Waals surface area contributed by atoms with E-state index in [2.05, 4.69) is 15.4 Å². The van der Waals surface area contributed by atoms with Gasteiger partial charge in [-0.3, -0.25) is 15.1 Å². The molecule has 0 spiro atoms. The van der Waals surface area contributed by atoms with E-state index >= 15 is 0 Å². The summed E-state index contributed by atoms with van der Waals surface area (Å²) >= 11 is 0. The van der Waals surface area contributed by atoms with Gasteiger partial charge in [-0.25, -0.2) is 9.48 Å². The molecule has 0 aliphatic carbocycles. The maximum Gasteiger partial charge on any atom is 0.411 e. The molecule has 0 saturated carbocycles. The number of benzene rings is 1. The van der Waals surface area contributed by atoms with E-state index in [0.29, 0.717) is 18.0 Å². The molecule has 1 N–H and O–H groups in total. The summed E-state index contributed by atoms with van der Waals surface area (Å²) in [6, 6.07) is 14.1. The van der Waals surface area contributed by atoms with Crippen molar-refractivity contribution < 1.29 is 9.53 Å². The standard InChI is InChI=1S/C22H25N5O3/c1-26(2)12-5-13-30-22(29)24-19-8-3-6-17(14-19)16-27-21(28)10-9-20(25-27)18-7-4-11-23-15-18/h3-4,6-11,14-15H,5,12-13,16H2,1-2H3,(H,24,29). The molecule has 0 aliphatic rings. The molecule has 8 heteroatoms. The number of ether oxygens (including phenoxy) is 1. The molecular formula is C22H25N5O3. The van der Waals surface area contributed by atoms with Crippen molar-refractivity contribution >= 4 is 11.8 Å². The molecule has 1 aromatic carbocycles. The Morgan fingerprint density at radius 1 is 1.17 bits per heavy atom. The Bertz CT molecular complexity index is 1030. The van der Waals surface area contributed by atoms with Crippen LogP contribution in [-0.2, 0) is 11.3 Å². The summed E-state index contributed by atoms with van der Waals surface area (Å²) in [6.45, 7) is 1.48. The van der Waals surface area contributed by atoms with Crippen LogP contribution in [-0.4, -0.2) is 53.0 Å². The Labute approximate surface area is 175 Å². The van der Waals surface area contributed by atoms with E-state index in [1.807, 2.05) is 43.3 Å². The molecule has 0 bridgehead atoms. The molecule has 2 aromatic heterocycles. The molecule has 8 nitrogen and oxygen atoms in total. The minimum absolute atomic E-state index is 0.207. The molecule has 3 rings (SSSR count). The lowest BCUT2D eigenvalue weighted by atomic mass is 10.2. The van der Waals surface area contributed by atoms with Crippen molar-refractivity contribution in [3.8, 4) is 11.3 Å². The highest BCUT2D eigenvalue weighted by molar-refractivity contribution is 5.84. The van der Waals surface area contributed by atoms with Gasteiger partial charge in [0.05, 0.1) is 18.8 Å². The third kappa shape index (κ3) is 6.25. The zero-order chi connectivity index (χ0) is 21.3. The van der Waals surface area contributed by atoms with Crippen LogP contribution >= 0.6 is 0 Å². The number of pyridine rings is 1. The molecule has 0 fully saturated rings. The number of hydrogen-bond acceptors (Lipinski definition) is 6. The molecule has 0 unspecified atom stereocenters. The molecular weight excluding hydrogens is 382 g/mol. The van der Waals surface area contributed by atoms with E-state index in [0.717, 1.165) is 24.1 Å². The number of nitrogens with one attached hydrogen (secondary N) is 1. The van der Waals surface area contributed by atoms with Crippen LogP contribution in [0.2, 0.25) is 0 Å². The highest BCUT2D eigenvalue weighted by Gasteiger charge is 2.07. The topological polar surface area (TPSA) is 89.3 Å². The lowest BCUT2D eigenvalue weighted by Gasteiger charge is -2.11. The summed E-state index contributed by atoms with van der Waals surface area (Å²) in [5.74, 6) is 0. The molecule has 3 aromatic rings. The quantitative estimate of drug-likeness (QED) is 0.578. The summed E-state index contributed by atoms with van der Waals surface area (Å²) in [4.78, 5) is 30.3. The van der Waals surface area contributed by atoms with Gasteiger partial charge in [-0.05, 0) is 56.4 Å². The second kappa shape index (κ2) is 10.3. The molecule has 2 heterocycles. The minimum atomic E-state index is -0.500. The third-order valence-corrected chi connectivity index (χ3v) is 4.31. The summed E-state index contributed by atoms with van der Waals surface area (Å²) < 4.78 is 6.58. The van der Waals surface area contributed by atoms with E-state index in [1.54, 1.807) is 30.6 Å². The van der Waals surface area contributed by atoms with Crippen LogP contribution < -0.4 is 10.9 Å². The van der Waals surface area contributed by atoms with Crippen molar-refractivity contribution in [2.45, 2.75) is 13.0 Å². The number of anilines is 1. The normalized spacial score (nSPS) is 10.8. The number of aromatic nitrogens is 3. The largest absolute Gasteiger partial charge is 0.449 e. The Morgan fingerprint density at radius 2 is 2.03 bits per heavy atom. The van der Waals surface area contributed by atoms with Crippen LogP contribution in [0.3, 0.4) is 0 Å². The van der Waals surface area contributed by atoms with Gasteiger partial charge in [0.1, 0.15) is 0 Å². The van der Waals surface area contributed by atoms with Crippen molar-refractivity contribution in [3.63, 3.8) is 0 Å². The maximum absolute atomic E-state index is 12.3. The highest BCUT2D eigenvalue weighted by Crippen LogP contribution is 2.15. The van der Waals surface area contributed by atoms with Gasteiger partial charge in [0, 0.05) is 36.3 Å². The van der Waals surface area contributed by atoms with E-state index in [9.17, 15) is 9.59 Å². The van der Waals surface area contributed by atoms with Crippen LogP contribution in [0.25, 0.3) is 11.3 Å². The first-order chi connectivity index (χ1) is 14.5. The Kier molecular flexibility index (Phi) is 7.29. The lowest BCUT2D eigenvalue weighted by molar-refractivity contribution is 0.156. The Hall–Kier alpha value is -3.52. The first-order valence-electron chi connectivity index (χ1n) is 9.67. The summed E-state index contributed by atoms with van der Waals surface area (Å²) in [7, 11) is 3.94. The summed E-state index contributed by atoms with van der Waals surface area (Å²) in [5.41, 5.74) is 2.72. The fourth-order valence-corrected chi connectivity index (χ4v) is 2.85. The fraction of sp³-hybridized carbons (Fsp3) is 0.273. The second-order valence-electron chi connectivity index (χ2n) is 7.07. The average molecular weight is 407 g/mol. The number of hydrogen-bond donors (Lipinski definition) is 1. The predicted molar refractivity (Wildman–Crippen MR) is 115 cm³/mol. The molecule has 156 valence electrons. The van der Waals surface area contributed by atoms with Crippen LogP contribution in [0, 0.1) is 0 Å². The van der Waals surface area contributed by atoms with E-state index < -0.39 is 6.09 Å². The second-order valence-corrected chi connectivity index (χ2v) is 7.07. The van der Waals surface area contributed by atoms with Gasteiger partial charge < -0.3 is 9.64 Å². The SMILES string of the molecule is CN(C)CCCOC(=O)Nc1cccc(Cn2nc(-c3cccnc3)ccc2=O)c1. The first-order valence-corrected chi connectivity index (χ1v) is 9.67. The number of nitrogens with zero attached hydrogens (tertiary/aromatic N) is 4. The van der Waals surface area contributed by atoms with E-state index in [-0.39, 0.29) is 12.1 Å². The first kappa shape index (κ1) is 21.2. The third-order valence-electron chi connectivity index (χ3n) is 4.31. The average Bonchev–Trinajstić information content (AvgIpc) is 2.73. The van der Waals surface area contributed by atoms with Gasteiger partial charge in [-0.15, -0.1) is 0 Å². The summed E-state index contributed by atoms with van der Waals surface area (Å²) in [5, 5.41) is 7.16. The number of carbonyl (C=O) groups excluding carboxylic acids is 1. The van der Waals surface area contributed by atoms with Gasteiger partial charge in [0.25, 0.3) is 5.56 Å². The lowest BCUT2D eigenvalue weighted by Crippen LogP contribution is -2.23. The number of amides is 1. The molecule has 0 atom stereocenters. The minimum Gasteiger partial charge on any atom is -0.449 e.